The fourth-order valence-electron chi connectivity index (χ4n) is 1.60. The average Bonchev–Trinajstić information content (AvgIpc) is 2.39. The van der Waals surface area contributed by atoms with Gasteiger partial charge in [0.15, 0.2) is 0 Å². The van der Waals surface area contributed by atoms with Gasteiger partial charge in [0.1, 0.15) is 17.7 Å². The van der Waals surface area contributed by atoms with Crippen LogP contribution in [0.4, 0.5) is 8.78 Å². The predicted molar refractivity (Wildman–Crippen MR) is 75.7 cm³/mol. The second-order valence-corrected chi connectivity index (χ2v) is 5.84. The smallest absolute Gasteiger partial charge is 0.251 e. The highest BCUT2D eigenvalue weighted by Gasteiger charge is 2.26. The molecule has 22 heavy (non-hydrogen) atoms. The molecule has 1 aromatic carbocycles. The van der Waals surface area contributed by atoms with Crippen molar-refractivity contribution in [1.82, 2.24) is 10.6 Å². The molecule has 0 aliphatic carbocycles. The Kier molecular flexibility index (Phi) is 5.57. The van der Waals surface area contributed by atoms with E-state index in [1.54, 1.807) is 20.8 Å². The van der Waals surface area contributed by atoms with Gasteiger partial charge in [0.25, 0.3) is 5.91 Å². The Morgan fingerprint density at radius 3 is 2.23 bits per heavy atom. The van der Waals surface area contributed by atoms with Gasteiger partial charge >= 0.3 is 0 Å². The van der Waals surface area contributed by atoms with E-state index in [1.807, 2.05) is 6.07 Å². The number of rotatable bonds is 4. The van der Waals surface area contributed by atoms with Crippen LogP contribution in [0.25, 0.3) is 0 Å². The van der Waals surface area contributed by atoms with E-state index in [2.05, 4.69) is 10.6 Å². The van der Waals surface area contributed by atoms with Gasteiger partial charge in [0.2, 0.25) is 5.91 Å². The maximum absolute atomic E-state index is 13.0. The van der Waals surface area contributed by atoms with Crippen LogP contribution >= 0.6 is 0 Å². The Morgan fingerprint density at radius 2 is 1.77 bits per heavy atom. The van der Waals surface area contributed by atoms with Crippen molar-refractivity contribution in [3.05, 3.63) is 35.4 Å². The van der Waals surface area contributed by atoms with Crippen LogP contribution < -0.4 is 10.6 Å². The number of carbonyl (C=O) groups excluding carboxylic acids is 2. The van der Waals surface area contributed by atoms with Gasteiger partial charge in [-0.2, -0.15) is 5.26 Å². The minimum Gasteiger partial charge on any atom is -0.343 e. The van der Waals surface area contributed by atoms with Gasteiger partial charge in [-0.1, -0.05) is 20.8 Å². The first kappa shape index (κ1) is 17.6. The molecule has 0 aliphatic heterocycles. The number of nitriles is 1. The quantitative estimate of drug-likeness (QED) is 0.889. The Bertz CT molecular complexity index is 598. The van der Waals surface area contributed by atoms with Crippen LogP contribution in [-0.4, -0.2) is 24.4 Å². The summed E-state index contributed by atoms with van der Waals surface area (Å²) in [5, 5.41) is 13.7. The molecule has 0 aliphatic rings. The monoisotopic (exact) mass is 309 g/mol. The highest BCUT2D eigenvalue weighted by molar-refractivity contribution is 5.96. The summed E-state index contributed by atoms with van der Waals surface area (Å²) in [7, 11) is 0. The number of hydrogen-bond donors (Lipinski definition) is 2. The molecule has 118 valence electrons. The number of nitrogens with zero attached hydrogens (tertiary/aromatic N) is 1. The van der Waals surface area contributed by atoms with Gasteiger partial charge in [0.05, 0.1) is 12.6 Å². The van der Waals surface area contributed by atoms with Gasteiger partial charge in [-0.05, 0) is 17.5 Å². The Balaban J connectivity index is 2.61. The number of halogens is 2. The maximum Gasteiger partial charge on any atom is 0.251 e. The number of hydrogen-bond acceptors (Lipinski definition) is 3. The first-order valence-corrected chi connectivity index (χ1v) is 6.57. The standard InChI is InChI=1S/C15H17F2N3O2/c1-15(2,3)12(7-18)20-13(21)8-19-14(22)9-4-10(16)6-11(17)5-9/h4-6,12H,8H2,1-3H3,(H,19,22)(H,20,21). The molecule has 0 aromatic heterocycles. The van der Waals surface area contributed by atoms with E-state index in [4.69, 9.17) is 5.26 Å². The van der Waals surface area contributed by atoms with Crippen molar-refractivity contribution < 1.29 is 18.4 Å². The third-order valence-corrected chi connectivity index (χ3v) is 2.83. The number of carbonyl (C=O) groups is 2. The molecule has 1 atom stereocenters. The number of benzene rings is 1. The summed E-state index contributed by atoms with van der Waals surface area (Å²) in [4.78, 5) is 23.4. The fourth-order valence-corrected chi connectivity index (χ4v) is 1.60. The Morgan fingerprint density at radius 1 is 1.23 bits per heavy atom. The lowest BCUT2D eigenvalue weighted by molar-refractivity contribution is -0.121. The highest BCUT2D eigenvalue weighted by atomic mass is 19.1. The Hall–Kier alpha value is -2.49. The van der Waals surface area contributed by atoms with Crippen molar-refractivity contribution in [3.8, 4) is 6.07 Å². The first-order chi connectivity index (χ1) is 10.1. The minimum atomic E-state index is -0.883. The number of amides is 2. The molecule has 0 saturated carbocycles. The lowest BCUT2D eigenvalue weighted by atomic mass is 9.88. The van der Waals surface area contributed by atoms with Crippen molar-refractivity contribution in [2.75, 3.05) is 6.54 Å². The van der Waals surface area contributed by atoms with E-state index in [9.17, 15) is 18.4 Å². The van der Waals surface area contributed by atoms with Gasteiger partial charge in [-0.15, -0.1) is 0 Å². The molecular weight excluding hydrogens is 292 g/mol. The zero-order valence-electron chi connectivity index (χ0n) is 12.5. The van der Waals surface area contributed by atoms with E-state index in [1.165, 1.54) is 0 Å². The van der Waals surface area contributed by atoms with Crippen LogP contribution in [0, 0.1) is 28.4 Å². The van der Waals surface area contributed by atoms with E-state index in [0.29, 0.717) is 6.07 Å². The predicted octanol–water partition coefficient (Wildman–Crippen LogP) is 1.75. The van der Waals surface area contributed by atoms with Crippen molar-refractivity contribution in [1.29, 1.82) is 5.26 Å². The van der Waals surface area contributed by atoms with Gasteiger partial charge in [-0.3, -0.25) is 9.59 Å². The molecule has 7 heteroatoms. The van der Waals surface area contributed by atoms with E-state index >= 15 is 0 Å². The molecule has 5 nitrogen and oxygen atoms in total. The van der Waals surface area contributed by atoms with E-state index in [-0.39, 0.29) is 5.56 Å². The molecule has 0 bridgehead atoms. The van der Waals surface area contributed by atoms with Gasteiger partial charge in [-0.25, -0.2) is 8.78 Å². The van der Waals surface area contributed by atoms with Crippen molar-refractivity contribution in [2.24, 2.45) is 5.41 Å². The Labute approximate surface area is 127 Å². The zero-order chi connectivity index (χ0) is 16.9. The first-order valence-electron chi connectivity index (χ1n) is 6.57. The van der Waals surface area contributed by atoms with Crippen molar-refractivity contribution in [3.63, 3.8) is 0 Å². The highest BCUT2D eigenvalue weighted by Crippen LogP contribution is 2.18. The molecule has 0 fully saturated rings. The fraction of sp³-hybridized carbons (Fsp3) is 0.400. The molecule has 2 N–H and O–H groups in total. The lowest BCUT2D eigenvalue weighted by Crippen LogP contribution is -2.46. The van der Waals surface area contributed by atoms with Crippen LogP contribution in [0.15, 0.2) is 18.2 Å². The summed E-state index contributed by atoms with van der Waals surface area (Å²) in [6.07, 6.45) is 0. The largest absolute Gasteiger partial charge is 0.343 e. The molecule has 1 rings (SSSR count). The van der Waals surface area contributed by atoms with Crippen LogP contribution in [-0.2, 0) is 4.79 Å². The summed E-state index contributed by atoms with van der Waals surface area (Å²) in [5.41, 5.74) is -0.682. The van der Waals surface area contributed by atoms with Gasteiger partial charge in [0, 0.05) is 11.6 Å². The SMILES string of the molecule is CC(C)(C)C(C#N)NC(=O)CNC(=O)c1cc(F)cc(F)c1. The van der Waals surface area contributed by atoms with Crippen LogP contribution in [0.3, 0.4) is 0 Å². The van der Waals surface area contributed by atoms with Crippen LogP contribution in [0.5, 0.6) is 0 Å². The number of nitrogens with one attached hydrogen (secondary N) is 2. The summed E-state index contributed by atoms with van der Waals surface area (Å²) < 4.78 is 26.0. The van der Waals surface area contributed by atoms with Crippen molar-refractivity contribution >= 4 is 11.8 Å². The third kappa shape index (κ3) is 5.13. The topological polar surface area (TPSA) is 82.0 Å². The maximum atomic E-state index is 13.0. The van der Waals surface area contributed by atoms with E-state index < -0.39 is 41.5 Å². The molecule has 0 heterocycles. The summed E-state index contributed by atoms with van der Waals surface area (Å²) in [5.74, 6) is -3.11. The minimum absolute atomic E-state index is 0.224. The molecule has 2 amide bonds. The average molecular weight is 309 g/mol. The normalized spacial score (nSPS) is 12.2. The summed E-state index contributed by atoms with van der Waals surface area (Å²) in [6, 6.07) is 3.62. The molecule has 1 aromatic rings. The van der Waals surface area contributed by atoms with Crippen molar-refractivity contribution in [2.45, 2.75) is 26.8 Å². The molecule has 1 unspecified atom stereocenters. The zero-order valence-corrected chi connectivity index (χ0v) is 12.5. The molecule has 0 spiro atoms. The van der Waals surface area contributed by atoms with Gasteiger partial charge < -0.3 is 10.6 Å². The van der Waals surface area contributed by atoms with E-state index in [0.717, 1.165) is 12.1 Å². The third-order valence-electron chi connectivity index (χ3n) is 2.83. The molecular formula is C15H17F2N3O2. The summed E-state index contributed by atoms with van der Waals surface area (Å²) >= 11 is 0. The summed E-state index contributed by atoms with van der Waals surface area (Å²) in [6.45, 7) is 4.96. The second-order valence-electron chi connectivity index (χ2n) is 5.84. The lowest BCUT2D eigenvalue weighted by Gasteiger charge is -2.25. The van der Waals surface area contributed by atoms with Crippen LogP contribution in [0.2, 0.25) is 0 Å². The molecule has 0 radical (unpaired) electrons. The second kappa shape index (κ2) is 6.98. The van der Waals surface area contributed by atoms with Crippen LogP contribution in [0.1, 0.15) is 31.1 Å². The molecule has 0 saturated heterocycles.